The number of hydrogen-bond acceptors (Lipinski definition) is 2. The normalized spacial score (nSPS) is 11.9. The van der Waals surface area contributed by atoms with Crippen LogP contribution in [-0.2, 0) is 4.74 Å². The van der Waals surface area contributed by atoms with Crippen molar-refractivity contribution in [3.63, 3.8) is 0 Å². The third-order valence-corrected chi connectivity index (χ3v) is 3.20. The molecule has 0 aliphatic carbocycles. The highest BCUT2D eigenvalue weighted by Crippen LogP contribution is 2.20. The molecule has 0 atom stereocenters. The van der Waals surface area contributed by atoms with Gasteiger partial charge in [0.1, 0.15) is 5.76 Å². The van der Waals surface area contributed by atoms with Crippen molar-refractivity contribution in [2.45, 2.75) is 59.5 Å². The Bertz CT molecular complexity index is 455. The number of rotatable bonds is 6. The average molecular weight is 289 g/mol. The number of unbranched alkanes of at least 4 members (excludes halogenated alkanes) is 1. The van der Waals surface area contributed by atoms with Crippen molar-refractivity contribution in [2.75, 3.05) is 0 Å². The quantitative estimate of drug-likeness (QED) is 0.683. The van der Waals surface area contributed by atoms with Crippen LogP contribution in [0.3, 0.4) is 0 Å². The van der Waals surface area contributed by atoms with Crippen LogP contribution in [0.4, 0.5) is 4.79 Å². The fourth-order valence-electron chi connectivity index (χ4n) is 2.26. The third kappa shape index (κ3) is 5.25. The van der Waals surface area contributed by atoms with Crippen LogP contribution in [0, 0.1) is 0 Å². The molecule has 0 bridgehead atoms. The number of amides is 1. The molecule has 1 rings (SSSR count). The second kappa shape index (κ2) is 8.50. The maximum atomic E-state index is 12.4. The second-order valence-corrected chi connectivity index (χ2v) is 5.69. The Morgan fingerprint density at radius 3 is 2.19 bits per heavy atom. The number of hydrogen-bond donors (Lipinski definition) is 0. The summed E-state index contributed by atoms with van der Waals surface area (Å²) in [6.45, 7) is 10.1. The summed E-state index contributed by atoms with van der Waals surface area (Å²) in [5.41, 5.74) is 0.937. The molecule has 1 aromatic carbocycles. The van der Waals surface area contributed by atoms with Crippen LogP contribution in [-0.4, -0.2) is 23.1 Å². The summed E-state index contributed by atoms with van der Waals surface area (Å²) >= 11 is 0. The zero-order valence-corrected chi connectivity index (χ0v) is 13.8. The largest absolute Gasteiger partial charge is 0.415 e. The van der Waals surface area contributed by atoms with Gasteiger partial charge in [0.2, 0.25) is 0 Å². The van der Waals surface area contributed by atoms with Gasteiger partial charge < -0.3 is 9.64 Å². The number of nitrogens with zero attached hydrogens (tertiary/aromatic N) is 1. The van der Waals surface area contributed by atoms with Gasteiger partial charge in [-0.2, -0.15) is 0 Å². The molecule has 21 heavy (non-hydrogen) atoms. The van der Waals surface area contributed by atoms with Crippen molar-refractivity contribution in [3.05, 3.63) is 42.0 Å². The summed E-state index contributed by atoms with van der Waals surface area (Å²) in [5.74, 6) is 0.647. The zero-order chi connectivity index (χ0) is 15.8. The van der Waals surface area contributed by atoms with E-state index < -0.39 is 0 Å². The van der Waals surface area contributed by atoms with E-state index in [9.17, 15) is 4.79 Å². The highest BCUT2D eigenvalue weighted by molar-refractivity contribution is 5.77. The SMILES string of the molecule is CCC/C=C(/OC(=O)N(C(C)C)C(C)C)c1ccccc1. The van der Waals surface area contributed by atoms with Crippen molar-refractivity contribution < 1.29 is 9.53 Å². The molecule has 1 amide bonds. The van der Waals surface area contributed by atoms with Crippen molar-refractivity contribution in [3.8, 4) is 0 Å². The summed E-state index contributed by atoms with van der Waals surface area (Å²) in [6.07, 6.45) is 3.62. The van der Waals surface area contributed by atoms with Gasteiger partial charge in [-0.1, -0.05) is 43.7 Å². The Morgan fingerprint density at radius 2 is 1.71 bits per heavy atom. The van der Waals surface area contributed by atoms with Crippen molar-refractivity contribution >= 4 is 11.9 Å². The molecular weight excluding hydrogens is 262 g/mol. The predicted octanol–water partition coefficient (Wildman–Crippen LogP) is 5.08. The molecule has 0 fully saturated rings. The van der Waals surface area contributed by atoms with Crippen LogP contribution in [0.15, 0.2) is 36.4 Å². The summed E-state index contributed by atoms with van der Waals surface area (Å²) in [6, 6.07) is 10.0. The molecule has 0 saturated heterocycles. The molecule has 0 radical (unpaired) electrons. The molecular formula is C18H27NO2. The minimum Gasteiger partial charge on any atom is -0.410 e. The molecule has 0 aliphatic rings. The smallest absolute Gasteiger partial charge is 0.410 e. The Balaban J connectivity index is 2.94. The predicted molar refractivity (Wildman–Crippen MR) is 87.9 cm³/mol. The van der Waals surface area contributed by atoms with E-state index in [0.29, 0.717) is 5.76 Å². The van der Waals surface area contributed by atoms with Crippen LogP contribution in [0.1, 0.15) is 53.0 Å². The van der Waals surface area contributed by atoms with Gasteiger partial charge in [-0.05, 0) is 40.2 Å². The molecule has 0 unspecified atom stereocenters. The fraction of sp³-hybridized carbons (Fsp3) is 0.500. The lowest BCUT2D eigenvalue weighted by Gasteiger charge is -2.30. The first kappa shape index (κ1) is 17.3. The molecule has 0 heterocycles. The number of benzene rings is 1. The van der Waals surface area contributed by atoms with Gasteiger partial charge in [0.25, 0.3) is 0 Å². The minimum absolute atomic E-state index is 0.112. The van der Waals surface area contributed by atoms with Crippen molar-refractivity contribution in [1.29, 1.82) is 0 Å². The van der Waals surface area contributed by atoms with E-state index >= 15 is 0 Å². The highest BCUT2D eigenvalue weighted by Gasteiger charge is 2.23. The van der Waals surface area contributed by atoms with E-state index in [-0.39, 0.29) is 18.2 Å². The topological polar surface area (TPSA) is 29.5 Å². The van der Waals surface area contributed by atoms with E-state index in [2.05, 4.69) is 6.92 Å². The summed E-state index contributed by atoms with van der Waals surface area (Å²) in [5, 5.41) is 0. The van der Waals surface area contributed by atoms with Gasteiger partial charge in [0.15, 0.2) is 0 Å². The molecule has 0 aromatic heterocycles. The van der Waals surface area contributed by atoms with E-state index in [1.807, 2.05) is 64.1 Å². The first-order chi connectivity index (χ1) is 9.97. The maximum absolute atomic E-state index is 12.4. The molecule has 3 nitrogen and oxygen atoms in total. The first-order valence-corrected chi connectivity index (χ1v) is 7.73. The van der Waals surface area contributed by atoms with E-state index in [4.69, 9.17) is 4.74 Å². The lowest BCUT2D eigenvalue weighted by molar-refractivity contribution is 0.114. The number of carbonyl (C=O) groups excluding carboxylic acids is 1. The van der Waals surface area contributed by atoms with Crippen molar-refractivity contribution in [2.24, 2.45) is 0 Å². The summed E-state index contributed by atoms with van der Waals surface area (Å²) in [4.78, 5) is 14.2. The second-order valence-electron chi connectivity index (χ2n) is 5.69. The van der Waals surface area contributed by atoms with Crippen LogP contribution in [0.2, 0.25) is 0 Å². The van der Waals surface area contributed by atoms with Gasteiger partial charge in [0, 0.05) is 17.6 Å². The lowest BCUT2D eigenvalue weighted by atomic mass is 10.1. The molecule has 1 aromatic rings. The van der Waals surface area contributed by atoms with Gasteiger partial charge >= 0.3 is 6.09 Å². The average Bonchev–Trinajstić information content (AvgIpc) is 2.43. The lowest BCUT2D eigenvalue weighted by Crippen LogP contribution is -2.42. The monoisotopic (exact) mass is 289 g/mol. The number of allylic oxidation sites excluding steroid dienone is 1. The van der Waals surface area contributed by atoms with Gasteiger partial charge in [-0.15, -0.1) is 0 Å². The molecule has 3 heteroatoms. The summed E-state index contributed by atoms with van der Waals surface area (Å²) < 4.78 is 5.67. The van der Waals surface area contributed by atoms with Gasteiger partial charge in [-0.3, -0.25) is 0 Å². The van der Waals surface area contributed by atoms with Crippen LogP contribution in [0.5, 0.6) is 0 Å². The third-order valence-electron chi connectivity index (χ3n) is 3.20. The van der Waals surface area contributed by atoms with E-state index in [1.165, 1.54) is 0 Å². The van der Waals surface area contributed by atoms with Crippen molar-refractivity contribution in [1.82, 2.24) is 4.90 Å². The summed E-state index contributed by atoms with van der Waals surface area (Å²) in [7, 11) is 0. The molecule has 0 aliphatic heterocycles. The van der Waals surface area contributed by atoms with E-state index in [1.54, 1.807) is 4.90 Å². The maximum Gasteiger partial charge on any atom is 0.415 e. The minimum atomic E-state index is -0.286. The Labute approximate surface area is 128 Å². The molecule has 0 spiro atoms. The number of ether oxygens (including phenoxy) is 1. The Kier molecular flexibility index (Phi) is 7.00. The standard InChI is InChI=1S/C18H27NO2/c1-6-7-13-17(16-11-9-8-10-12-16)21-18(20)19(14(2)3)15(4)5/h8-15H,6-7H2,1-5H3/b17-13+. The number of carbonyl (C=O) groups is 1. The molecule has 116 valence electrons. The van der Waals surface area contributed by atoms with Crippen LogP contribution >= 0.6 is 0 Å². The highest BCUT2D eigenvalue weighted by atomic mass is 16.6. The van der Waals surface area contributed by atoms with Crippen LogP contribution < -0.4 is 0 Å². The molecule has 0 N–H and O–H groups in total. The van der Waals surface area contributed by atoms with Gasteiger partial charge in [-0.25, -0.2) is 4.79 Å². The zero-order valence-electron chi connectivity index (χ0n) is 13.8. The van der Waals surface area contributed by atoms with Gasteiger partial charge in [0.05, 0.1) is 0 Å². The van der Waals surface area contributed by atoms with Crippen LogP contribution in [0.25, 0.3) is 5.76 Å². The Morgan fingerprint density at radius 1 is 1.14 bits per heavy atom. The fourth-order valence-corrected chi connectivity index (χ4v) is 2.26. The first-order valence-electron chi connectivity index (χ1n) is 7.73. The van der Waals surface area contributed by atoms with E-state index in [0.717, 1.165) is 18.4 Å². The molecule has 0 saturated carbocycles. The Hall–Kier alpha value is -1.77.